The number of aromatic nitrogens is 4. The van der Waals surface area contributed by atoms with E-state index in [1.54, 1.807) is 12.1 Å². The third kappa shape index (κ3) is 1.39. The van der Waals surface area contributed by atoms with E-state index in [1.165, 1.54) is 10.7 Å². The molecule has 0 unspecified atom stereocenters. The average molecular weight is 297 g/mol. The molecule has 1 N–H and O–H groups in total. The topological polar surface area (TPSA) is 63.0 Å². The van der Waals surface area contributed by atoms with E-state index in [0.29, 0.717) is 21.9 Å². The van der Waals surface area contributed by atoms with Crippen LogP contribution in [0.4, 0.5) is 4.39 Å². The number of nitrogens with zero attached hydrogens (tertiary/aromatic N) is 3. The van der Waals surface area contributed by atoms with E-state index >= 15 is 0 Å². The van der Waals surface area contributed by atoms with Gasteiger partial charge in [-0.1, -0.05) is 27.2 Å². The van der Waals surface area contributed by atoms with Crippen LogP contribution < -0.4 is 5.56 Å². The van der Waals surface area contributed by atoms with Crippen molar-refractivity contribution < 1.29 is 4.39 Å². The lowest BCUT2D eigenvalue weighted by atomic mass is 10.2. The largest absolute Gasteiger partial charge is 0.316 e. The number of alkyl halides is 1. The molecule has 86 valence electrons. The Kier molecular flexibility index (Phi) is 2.22. The predicted octanol–water partition coefficient (Wildman–Crippen LogP) is 1.60. The fraction of sp³-hybridized carbons (Fsp3) is 0.100. The molecule has 0 aliphatic rings. The maximum absolute atomic E-state index is 14.0. The monoisotopic (exact) mass is 296 g/mol. The summed E-state index contributed by atoms with van der Waals surface area (Å²) < 4.78 is 15.4. The summed E-state index contributed by atoms with van der Waals surface area (Å²) in [4.78, 5) is 14.2. The molecule has 3 aromatic rings. The van der Waals surface area contributed by atoms with Crippen molar-refractivity contribution in [2.75, 3.05) is 0 Å². The number of fused-ring (bicyclic) bond motifs is 3. The number of rotatable bonds is 1. The summed E-state index contributed by atoms with van der Waals surface area (Å²) in [5.74, 6) is -0.450. The van der Waals surface area contributed by atoms with Gasteiger partial charge in [-0.15, -0.1) is 5.10 Å². The molecule has 0 spiro atoms. The smallest absolute Gasteiger partial charge is 0.276 e. The van der Waals surface area contributed by atoms with Gasteiger partial charge in [-0.2, -0.15) is 0 Å². The number of halogens is 2. The van der Waals surface area contributed by atoms with E-state index in [1.807, 2.05) is 0 Å². The first-order chi connectivity index (χ1) is 8.22. The van der Waals surface area contributed by atoms with Gasteiger partial charge in [0.2, 0.25) is 0 Å². The van der Waals surface area contributed by atoms with Crippen molar-refractivity contribution >= 4 is 32.5 Å². The minimum absolute atomic E-state index is 0.143. The molecule has 5 nitrogen and oxygen atoms in total. The van der Waals surface area contributed by atoms with Crippen molar-refractivity contribution in [1.82, 2.24) is 19.8 Å². The molecule has 0 saturated heterocycles. The summed E-state index contributed by atoms with van der Waals surface area (Å²) in [7, 11) is 0. The Balaban J connectivity index is 2.58. The summed E-state index contributed by atoms with van der Waals surface area (Å²) >= 11 is 3.19. The number of hydrogen-bond donors (Lipinski definition) is 1. The van der Waals surface area contributed by atoms with Crippen LogP contribution in [-0.2, 0) is 5.33 Å². The highest BCUT2D eigenvalue weighted by Crippen LogP contribution is 2.20. The fourth-order valence-corrected chi connectivity index (χ4v) is 2.19. The molecule has 7 heteroatoms. The van der Waals surface area contributed by atoms with Crippen LogP contribution in [0.5, 0.6) is 0 Å². The average Bonchev–Trinajstić information content (AvgIpc) is 2.81. The summed E-state index contributed by atoms with van der Waals surface area (Å²) in [6.07, 6.45) is 1.34. The van der Waals surface area contributed by atoms with E-state index in [9.17, 15) is 9.18 Å². The lowest BCUT2D eigenvalue weighted by molar-refractivity contribution is 0.625. The van der Waals surface area contributed by atoms with E-state index in [2.05, 4.69) is 31.2 Å². The molecule has 2 heterocycles. The zero-order chi connectivity index (χ0) is 12.0. The van der Waals surface area contributed by atoms with Gasteiger partial charge in [-0.25, -0.2) is 8.91 Å². The third-order valence-corrected chi connectivity index (χ3v) is 3.20. The molecule has 0 amide bonds. The van der Waals surface area contributed by atoms with Gasteiger partial charge in [0.05, 0.1) is 11.7 Å². The second-order valence-electron chi connectivity index (χ2n) is 3.55. The van der Waals surface area contributed by atoms with E-state index in [4.69, 9.17) is 0 Å². The van der Waals surface area contributed by atoms with Gasteiger partial charge in [-0.3, -0.25) is 4.79 Å². The predicted molar refractivity (Wildman–Crippen MR) is 63.7 cm³/mol. The summed E-state index contributed by atoms with van der Waals surface area (Å²) in [5, 5.41) is 7.80. The first-order valence-electron chi connectivity index (χ1n) is 4.82. The highest BCUT2D eigenvalue weighted by Gasteiger charge is 2.12. The normalized spacial score (nSPS) is 11.4. The number of benzene rings is 1. The van der Waals surface area contributed by atoms with Crippen molar-refractivity contribution in [3.05, 3.63) is 40.1 Å². The standard InChI is InChI=1S/C10H6BrFN4O/c11-3-5-1-2-6-9(8(5)12)14-10(17)7-4-13-15-16(6)7/h1-2,4H,3H2,(H,14,17). The Hall–Kier alpha value is -1.76. The summed E-state index contributed by atoms with van der Waals surface area (Å²) in [6.45, 7) is 0. The molecule has 17 heavy (non-hydrogen) atoms. The number of nitrogens with one attached hydrogen (secondary N) is 1. The Labute approximate surface area is 102 Å². The number of aromatic amines is 1. The second kappa shape index (κ2) is 3.63. The first-order valence-corrected chi connectivity index (χ1v) is 5.94. The molecular formula is C10H6BrFN4O. The molecule has 0 aliphatic carbocycles. The van der Waals surface area contributed by atoms with Crippen LogP contribution in [0.3, 0.4) is 0 Å². The van der Waals surface area contributed by atoms with Gasteiger partial charge in [-0.05, 0) is 6.07 Å². The lowest BCUT2D eigenvalue weighted by Gasteiger charge is -2.04. The molecule has 2 aromatic heterocycles. The molecular weight excluding hydrogens is 291 g/mol. The molecule has 3 rings (SSSR count). The second-order valence-corrected chi connectivity index (χ2v) is 4.11. The SMILES string of the molecule is O=c1[nH]c2c(F)c(CBr)ccc2n2nncc12. The van der Waals surface area contributed by atoms with Gasteiger partial charge in [0, 0.05) is 10.9 Å². The molecule has 0 bridgehead atoms. The van der Waals surface area contributed by atoms with E-state index in [0.717, 1.165) is 0 Å². The van der Waals surface area contributed by atoms with Gasteiger partial charge < -0.3 is 4.98 Å². The number of hydrogen-bond acceptors (Lipinski definition) is 3. The van der Waals surface area contributed by atoms with Gasteiger partial charge in [0.15, 0.2) is 11.3 Å². The number of H-pyrrole nitrogens is 1. The Bertz CT molecular complexity index is 779. The van der Waals surface area contributed by atoms with Crippen LogP contribution in [0.2, 0.25) is 0 Å². The Morgan fingerprint density at radius 1 is 1.41 bits per heavy atom. The Morgan fingerprint density at radius 2 is 2.24 bits per heavy atom. The molecule has 0 saturated carbocycles. The van der Waals surface area contributed by atoms with Gasteiger partial charge in [0.1, 0.15) is 5.52 Å². The van der Waals surface area contributed by atoms with Crippen molar-refractivity contribution in [2.45, 2.75) is 5.33 Å². The molecule has 0 atom stereocenters. The minimum atomic E-state index is -0.450. The Morgan fingerprint density at radius 3 is 3.00 bits per heavy atom. The summed E-state index contributed by atoms with van der Waals surface area (Å²) in [5.41, 5.74) is 0.994. The molecule has 0 fully saturated rings. The van der Waals surface area contributed by atoms with Crippen LogP contribution in [0.1, 0.15) is 5.56 Å². The van der Waals surface area contributed by atoms with Crippen molar-refractivity contribution in [1.29, 1.82) is 0 Å². The molecule has 0 radical (unpaired) electrons. The maximum atomic E-state index is 14.0. The molecule has 1 aromatic carbocycles. The van der Waals surface area contributed by atoms with Crippen molar-refractivity contribution in [3.63, 3.8) is 0 Å². The van der Waals surface area contributed by atoms with Crippen LogP contribution in [-0.4, -0.2) is 19.8 Å². The van der Waals surface area contributed by atoms with Gasteiger partial charge in [0.25, 0.3) is 5.56 Å². The minimum Gasteiger partial charge on any atom is -0.316 e. The van der Waals surface area contributed by atoms with Crippen LogP contribution >= 0.6 is 15.9 Å². The van der Waals surface area contributed by atoms with Gasteiger partial charge >= 0.3 is 0 Å². The van der Waals surface area contributed by atoms with Crippen LogP contribution in [0, 0.1) is 5.82 Å². The van der Waals surface area contributed by atoms with E-state index < -0.39 is 11.4 Å². The van der Waals surface area contributed by atoms with Crippen molar-refractivity contribution in [2.24, 2.45) is 0 Å². The van der Waals surface area contributed by atoms with Crippen LogP contribution in [0.25, 0.3) is 16.6 Å². The zero-order valence-corrected chi connectivity index (χ0v) is 10.0. The first kappa shape index (κ1) is 10.4. The highest BCUT2D eigenvalue weighted by atomic mass is 79.9. The van der Waals surface area contributed by atoms with Crippen LogP contribution in [0.15, 0.2) is 23.1 Å². The van der Waals surface area contributed by atoms with E-state index in [-0.39, 0.29) is 5.52 Å². The zero-order valence-electron chi connectivity index (χ0n) is 8.44. The third-order valence-electron chi connectivity index (χ3n) is 2.59. The fourth-order valence-electron chi connectivity index (χ4n) is 1.75. The quantitative estimate of drug-likeness (QED) is 0.694. The maximum Gasteiger partial charge on any atom is 0.276 e. The highest BCUT2D eigenvalue weighted by molar-refractivity contribution is 9.08. The summed E-state index contributed by atoms with van der Waals surface area (Å²) in [6, 6.07) is 3.35. The molecule has 0 aliphatic heterocycles. The lowest BCUT2D eigenvalue weighted by Crippen LogP contribution is -2.12. The van der Waals surface area contributed by atoms with Crippen molar-refractivity contribution in [3.8, 4) is 0 Å².